The minimum absolute atomic E-state index is 0.616. The second-order valence-corrected chi connectivity index (χ2v) is 8.58. The van der Waals surface area contributed by atoms with Gasteiger partial charge in [0.05, 0.1) is 22.3 Å². The second kappa shape index (κ2) is 7.17. The van der Waals surface area contributed by atoms with E-state index in [2.05, 4.69) is 86.9 Å². The third-order valence-corrected chi connectivity index (χ3v) is 5.75. The first kappa shape index (κ1) is 18.7. The summed E-state index contributed by atoms with van der Waals surface area (Å²) in [7, 11) is 0. The second-order valence-electron chi connectivity index (χ2n) is 8.58. The highest BCUT2D eigenvalue weighted by Crippen LogP contribution is 2.36. The Morgan fingerprint density at radius 3 is 2.47 bits per heavy atom. The first-order valence-corrected chi connectivity index (χ1v) is 10.6. The molecule has 0 atom stereocenters. The van der Waals surface area contributed by atoms with Crippen molar-refractivity contribution in [3.05, 3.63) is 83.6 Å². The molecule has 0 spiro atoms. The van der Waals surface area contributed by atoms with Gasteiger partial charge in [-0.1, -0.05) is 56.3 Å². The largest absolute Gasteiger partial charge is 0.464 e. The summed E-state index contributed by atoms with van der Waals surface area (Å²) in [5, 5.41) is 1.10. The van der Waals surface area contributed by atoms with Crippen molar-refractivity contribution in [3.8, 4) is 17.1 Å². The van der Waals surface area contributed by atoms with E-state index in [1.165, 1.54) is 22.4 Å². The van der Waals surface area contributed by atoms with Gasteiger partial charge in [-0.25, -0.2) is 4.98 Å². The van der Waals surface area contributed by atoms with Gasteiger partial charge in [0.2, 0.25) is 0 Å². The summed E-state index contributed by atoms with van der Waals surface area (Å²) in [6.07, 6.45) is 2.90. The maximum atomic E-state index is 6.02. The highest BCUT2D eigenvalue weighted by Gasteiger charge is 2.20. The van der Waals surface area contributed by atoms with Crippen LogP contribution in [-0.4, -0.2) is 9.55 Å². The predicted molar refractivity (Wildman–Crippen MR) is 124 cm³/mol. The van der Waals surface area contributed by atoms with Crippen molar-refractivity contribution in [1.82, 2.24) is 9.55 Å². The molecule has 3 aromatic carbocycles. The van der Waals surface area contributed by atoms with Crippen LogP contribution in [0.1, 0.15) is 30.5 Å². The number of aromatic nitrogens is 2. The van der Waals surface area contributed by atoms with Gasteiger partial charge in [0.25, 0.3) is 0 Å². The van der Waals surface area contributed by atoms with Crippen LogP contribution in [-0.2, 0) is 6.42 Å². The standard InChI is InChI=1S/C27H26N2O/c1-17(2)14-20-12-13-21-22(16-30-25(21)15-20)27-28-23-10-5-6-11-24(23)29(27)26-18(3)8-7-9-19(26)4/h5-13,15-17H,14H2,1-4H3. The van der Waals surface area contributed by atoms with Crippen molar-refractivity contribution in [2.45, 2.75) is 34.1 Å². The third-order valence-electron chi connectivity index (χ3n) is 5.75. The van der Waals surface area contributed by atoms with Crippen LogP contribution in [0, 0.1) is 19.8 Å². The van der Waals surface area contributed by atoms with Gasteiger partial charge in [-0.2, -0.15) is 0 Å². The fourth-order valence-electron chi connectivity index (χ4n) is 4.44. The Morgan fingerprint density at radius 1 is 0.933 bits per heavy atom. The molecule has 150 valence electrons. The molecule has 0 bridgehead atoms. The number of para-hydroxylation sites is 3. The molecule has 3 heteroatoms. The van der Waals surface area contributed by atoms with E-state index in [1.807, 2.05) is 12.3 Å². The molecule has 0 saturated heterocycles. The lowest BCUT2D eigenvalue weighted by Gasteiger charge is -2.14. The Morgan fingerprint density at radius 2 is 1.70 bits per heavy atom. The molecule has 5 aromatic rings. The van der Waals surface area contributed by atoms with Gasteiger partial charge in [0.15, 0.2) is 0 Å². The van der Waals surface area contributed by atoms with Gasteiger partial charge in [-0.3, -0.25) is 4.57 Å². The van der Waals surface area contributed by atoms with Crippen LogP contribution in [0.25, 0.3) is 39.1 Å². The average molecular weight is 395 g/mol. The summed E-state index contributed by atoms with van der Waals surface area (Å²) in [5.41, 5.74) is 8.99. The molecular formula is C27H26N2O. The lowest BCUT2D eigenvalue weighted by Crippen LogP contribution is -2.02. The van der Waals surface area contributed by atoms with Crippen molar-refractivity contribution >= 4 is 22.0 Å². The van der Waals surface area contributed by atoms with E-state index in [0.29, 0.717) is 5.92 Å². The molecule has 0 aliphatic carbocycles. The zero-order valence-electron chi connectivity index (χ0n) is 17.9. The molecule has 3 nitrogen and oxygen atoms in total. The topological polar surface area (TPSA) is 31.0 Å². The number of hydrogen-bond donors (Lipinski definition) is 0. The normalized spacial score (nSPS) is 11.8. The highest BCUT2D eigenvalue weighted by molar-refractivity contribution is 5.95. The molecular weight excluding hydrogens is 368 g/mol. The Bertz CT molecular complexity index is 1350. The Balaban J connectivity index is 1.78. The van der Waals surface area contributed by atoms with E-state index < -0.39 is 0 Å². The minimum Gasteiger partial charge on any atom is -0.464 e. The zero-order chi connectivity index (χ0) is 20.8. The van der Waals surface area contributed by atoms with E-state index in [1.54, 1.807) is 0 Å². The lowest BCUT2D eigenvalue weighted by atomic mass is 10.0. The van der Waals surface area contributed by atoms with Gasteiger partial charge < -0.3 is 4.42 Å². The van der Waals surface area contributed by atoms with Crippen molar-refractivity contribution in [2.75, 3.05) is 0 Å². The maximum Gasteiger partial charge on any atom is 0.149 e. The fraction of sp³-hybridized carbons (Fsp3) is 0.222. The maximum absolute atomic E-state index is 6.02. The number of hydrogen-bond acceptors (Lipinski definition) is 2. The highest BCUT2D eigenvalue weighted by atomic mass is 16.3. The first-order valence-electron chi connectivity index (χ1n) is 10.6. The van der Waals surface area contributed by atoms with Crippen LogP contribution in [0.2, 0.25) is 0 Å². The van der Waals surface area contributed by atoms with Gasteiger partial charge in [-0.05, 0) is 61.1 Å². The summed E-state index contributed by atoms with van der Waals surface area (Å²) in [4.78, 5) is 5.04. The van der Waals surface area contributed by atoms with Gasteiger partial charge in [0.1, 0.15) is 17.7 Å². The summed E-state index contributed by atoms with van der Waals surface area (Å²) in [6, 6.07) is 21.3. The Hall–Kier alpha value is -3.33. The van der Waals surface area contributed by atoms with E-state index in [4.69, 9.17) is 9.40 Å². The summed E-state index contributed by atoms with van der Waals surface area (Å²) in [5.74, 6) is 1.54. The number of fused-ring (bicyclic) bond motifs is 2. The van der Waals surface area contributed by atoms with Crippen molar-refractivity contribution in [1.29, 1.82) is 0 Å². The van der Waals surface area contributed by atoms with Crippen LogP contribution in [0.5, 0.6) is 0 Å². The molecule has 0 aliphatic heterocycles. The number of benzene rings is 3. The molecule has 0 saturated carbocycles. The summed E-state index contributed by atoms with van der Waals surface area (Å²) >= 11 is 0. The quantitative estimate of drug-likeness (QED) is 0.321. The predicted octanol–water partition coefficient (Wildman–Crippen LogP) is 7.25. The van der Waals surface area contributed by atoms with Crippen LogP contribution in [0.15, 0.2) is 71.3 Å². The number of aryl methyl sites for hydroxylation is 2. The van der Waals surface area contributed by atoms with Crippen molar-refractivity contribution in [3.63, 3.8) is 0 Å². The molecule has 5 rings (SSSR count). The monoisotopic (exact) mass is 394 g/mol. The third kappa shape index (κ3) is 3.02. The average Bonchev–Trinajstić information content (AvgIpc) is 3.28. The number of imidazole rings is 1. The molecule has 2 heterocycles. The summed E-state index contributed by atoms with van der Waals surface area (Å²) in [6.45, 7) is 8.80. The van der Waals surface area contributed by atoms with Gasteiger partial charge >= 0.3 is 0 Å². The van der Waals surface area contributed by atoms with Gasteiger partial charge in [0, 0.05) is 5.39 Å². The smallest absolute Gasteiger partial charge is 0.149 e. The molecule has 2 aromatic heterocycles. The van der Waals surface area contributed by atoms with E-state index >= 15 is 0 Å². The lowest BCUT2D eigenvalue weighted by molar-refractivity contribution is 0.612. The van der Waals surface area contributed by atoms with Crippen molar-refractivity contribution in [2.24, 2.45) is 5.92 Å². The molecule has 0 N–H and O–H groups in total. The van der Waals surface area contributed by atoms with E-state index in [9.17, 15) is 0 Å². The molecule has 0 aliphatic rings. The molecule has 0 fully saturated rings. The molecule has 0 amide bonds. The fourth-order valence-corrected chi connectivity index (χ4v) is 4.44. The van der Waals surface area contributed by atoms with Crippen molar-refractivity contribution < 1.29 is 4.42 Å². The molecule has 30 heavy (non-hydrogen) atoms. The van der Waals surface area contributed by atoms with Crippen LogP contribution in [0.3, 0.4) is 0 Å². The van der Waals surface area contributed by atoms with Gasteiger partial charge in [-0.15, -0.1) is 0 Å². The minimum atomic E-state index is 0.616. The molecule has 0 radical (unpaired) electrons. The zero-order valence-corrected chi connectivity index (χ0v) is 17.9. The van der Waals surface area contributed by atoms with Crippen LogP contribution in [0.4, 0.5) is 0 Å². The summed E-state index contributed by atoms with van der Waals surface area (Å²) < 4.78 is 8.30. The SMILES string of the molecule is Cc1cccc(C)c1-n1c(-c2coc3cc(CC(C)C)ccc23)nc2ccccc21. The van der Waals surface area contributed by atoms with E-state index in [-0.39, 0.29) is 0 Å². The van der Waals surface area contributed by atoms with Crippen LogP contribution >= 0.6 is 0 Å². The number of nitrogens with zero attached hydrogens (tertiary/aromatic N) is 2. The van der Waals surface area contributed by atoms with Crippen LogP contribution < -0.4 is 0 Å². The Kier molecular flexibility index (Phi) is 4.47. The number of furan rings is 1. The number of rotatable bonds is 4. The first-order chi connectivity index (χ1) is 14.5. The Labute approximate surface area is 177 Å². The van der Waals surface area contributed by atoms with E-state index in [0.717, 1.165) is 39.8 Å². The molecule has 0 unspecified atom stereocenters.